The molecule has 0 bridgehead atoms. The minimum atomic E-state index is -0.765. The summed E-state index contributed by atoms with van der Waals surface area (Å²) in [5.74, 6) is -0.402. The predicted octanol–water partition coefficient (Wildman–Crippen LogP) is 2.06. The highest BCUT2D eigenvalue weighted by Crippen LogP contribution is 2.15. The maximum absolute atomic E-state index is 12.1. The molecular weight excluding hydrogens is 310 g/mol. The third-order valence-corrected chi connectivity index (χ3v) is 2.61. The largest absolute Gasteiger partial charge is 0.448 e. The van der Waals surface area contributed by atoms with Crippen LogP contribution in [0.25, 0.3) is 0 Å². The third kappa shape index (κ3) is 6.08. The van der Waals surface area contributed by atoms with Gasteiger partial charge in [-0.05, 0) is 18.1 Å². The number of nitrogens with zero attached hydrogens (tertiary/aromatic N) is 2. The first-order valence-electron chi connectivity index (χ1n) is 7.07. The third-order valence-electron chi connectivity index (χ3n) is 2.61. The van der Waals surface area contributed by atoms with Gasteiger partial charge in [-0.1, -0.05) is 26.0 Å². The Morgan fingerprint density at radius 1 is 1.21 bits per heavy atom. The average molecular weight is 327 g/mol. The molecule has 8 nitrogen and oxygen atoms in total. The maximum atomic E-state index is 12.1. The van der Waals surface area contributed by atoms with Crippen molar-refractivity contribution in [3.8, 4) is 12.1 Å². The van der Waals surface area contributed by atoms with Crippen LogP contribution < -0.4 is 16.2 Å². The van der Waals surface area contributed by atoms with E-state index in [9.17, 15) is 9.59 Å². The fourth-order valence-electron chi connectivity index (χ4n) is 1.50. The van der Waals surface area contributed by atoms with Crippen molar-refractivity contribution >= 4 is 17.7 Å². The summed E-state index contributed by atoms with van der Waals surface area (Å²) in [6.45, 7) is 4.01. The molecule has 1 aromatic carbocycles. The van der Waals surface area contributed by atoms with Crippen LogP contribution in [0.15, 0.2) is 36.0 Å². The zero-order valence-electron chi connectivity index (χ0n) is 13.3. The number of carbonyl (C=O) groups is 2. The van der Waals surface area contributed by atoms with E-state index < -0.39 is 12.0 Å². The SMILES string of the molecule is CC(C)COC(=O)NNC(=O)c1ccccc1NC=C(C#N)C#N. The van der Waals surface area contributed by atoms with Gasteiger partial charge >= 0.3 is 6.09 Å². The van der Waals surface area contributed by atoms with Gasteiger partial charge in [0.1, 0.15) is 17.7 Å². The van der Waals surface area contributed by atoms with Crippen LogP contribution in [0.4, 0.5) is 10.5 Å². The standard InChI is InChI=1S/C16H17N5O3/c1-11(2)10-24-16(23)21-20-15(22)13-5-3-4-6-14(13)19-9-12(7-17)8-18/h3-6,9,11,19H,10H2,1-2H3,(H,20,22)(H,21,23). The van der Waals surface area contributed by atoms with Gasteiger partial charge in [-0.15, -0.1) is 0 Å². The second kappa shape index (κ2) is 9.49. The Balaban J connectivity index is 2.72. The monoisotopic (exact) mass is 327 g/mol. The van der Waals surface area contributed by atoms with Gasteiger partial charge in [0.15, 0.2) is 0 Å². The lowest BCUT2D eigenvalue weighted by Gasteiger charge is -2.12. The Morgan fingerprint density at radius 3 is 2.50 bits per heavy atom. The molecule has 8 heteroatoms. The van der Waals surface area contributed by atoms with E-state index >= 15 is 0 Å². The zero-order valence-corrected chi connectivity index (χ0v) is 13.3. The van der Waals surface area contributed by atoms with Crippen molar-refractivity contribution in [1.82, 2.24) is 10.9 Å². The molecule has 0 aromatic heterocycles. The van der Waals surface area contributed by atoms with E-state index in [1.807, 2.05) is 13.8 Å². The van der Waals surface area contributed by atoms with Crippen molar-refractivity contribution in [3.05, 3.63) is 41.6 Å². The summed E-state index contributed by atoms with van der Waals surface area (Å²) in [5.41, 5.74) is 4.81. The van der Waals surface area contributed by atoms with Crippen molar-refractivity contribution in [2.75, 3.05) is 11.9 Å². The second-order valence-electron chi connectivity index (χ2n) is 5.04. The molecule has 0 saturated carbocycles. The molecule has 124 valence electrons. The number of hydrazine groups is 1. The molecule has 0 aliphatic carbocycles. The quantitative estimate of drug-likeness (QED) is 0.561. The molecule has 0 aliphatic rings. The van der Waals surface area contributed by atoms with E-state index in [0.717, 1.165) is 0 Å². The van der Waals surface area contributed by atoms with Crippen LogP contribution in [0, 0.1) is 28.6 Å². The maximum Gasteiger partial charge on any atom is 0.426 e. The number of nitriles is 2. The molecule has 0 saturated heterocycles. The normalized spacial score (nSPS) is 9.21. The Bertz CT molecular complexity index is 697. The summed E-state index contributed by atoms with van der Waals surface area (Å²) in [5, 5.41) is 20.1. The van der Waals surface area contributed by atoms with E-state index in [1.54, 1.807) is 30.3 Å². The molecular formula is C16H17N5O3. The van der Waals surface area contributed by atoms with Gasteiger partial charge in [0.25, 0.3) is 5.91 Å². The van der Waals surface area contributed by atoms with Gasteiger partial charge in [-0.3, -0.25) is 10.2 Å². The minimum absolute atomic E-state index is 0.138. The zero-order chi connectivity index (χ0) is 17.9. The molecule has 0 aliphatic heterocycles. The van der Waals surface area contributed by atoms with Crippen molar-refractivity contribution < 1.29 is 14.3 Å². The molecule has 0 spiro atoms. The number of benzene rings is 1. The highest BCUT2D eigenvalue weighted by Gasteiger charge is 2.12. The molecule has 1 rings (SSSR count). The van der Waals surface area contributed by atoms with Crippen LogP contribution in [-0.2, 0) is 4.74 Å². The molecule has 0 heterocycles. The summed E-state index contributed by atoms with van der Waals surface area (Å²) >= 11 is 0. The van der Waals surface area contributed by atoms with Crippen LogP contribution in [0.1, 0.15) is 24.2 Å². The topological polar surface area (TPSA) is 127 Å². The Labute approximate surface area is 139 Å². The number of hydrogen-bond donors (Lipinski definition) is 3. The van der Waals surface area contributed by atoms with Crippen LogP contribution >= 0.6 is 0 Å². The lowest BCUT2D eigenvalue weighted by molar-refractivity contribution is 0.0902. The van der Waals surface area contributed by atoms with E-state index in [1.165, 1.54) is 12.3 Å². The summed E-state index contributed by atoms with van der Waals surface area (Å²) in [7, 11) is 0. The number of rotatable bonds is 5. The van der Waals surface area contributed by atoms with E-state index in [2.05, 4.69) is 16.2 Å². The van der Waals surface area contributed by atoms with Crippen LogP contribution in [0.5, 0.6) is 0 Å². The lowest BCUT2D eigenvalue weighted by atomic mass is 10.1. The molecule has 0 fully saturated rings. The highest BCUT2D eigenvalue weighted by atomic mass is 16.6. The number of amides is 2. The molecule has 0 radical (unpaired) electrons. The van der Waals surface area contributed by atoms with Gasteiger partial charge in [-0.2, -0.15) is 10.5 Å². The summed E-state index contributed by atoms with van der Waals surface area (Å²) in [6.07, 6.45) is 0.426. The van der Waals surface area contributed by atoms with E-state index in [0.29, 0.717) is 5.69 Å². The molecule has 0 atom stereocenters. The van der Waals surface area contributed by atoms with Gasteiger partial charge in [-0.25, -0.2) is 10.2 Å². The van der Waals surface area contributed by atoms with Gasteiger partial charge in [0, 0.05) is 6.20 Å². The van der Waals surface area contributed by atoms with E-state index in [4.69, 9.17) is 15.3 Å². The molecule has 0 unspecified atom stereocenters. The molecule has 2 amide bonds. The Hall–Kier alpha value is -3.52. The number of nitrogens with one attached hydrogen (secondary N) is 3. The lowest BCUT2D eigenvalue weighted by Crippen LogP contribution is -2.42. The van der Waals surface area contributed by atoms with Crippen LogP contribution in [0.3, 0.4) is 0 Å². The Kier molecular flexibility index (Phi) is 7.32. The first kappa shape index (κ1) is 18.5. The first-order valence-corrected chi connectivity index (χ1v) is 7.07. The Morgan fingerprint density at radius 2 is 1.88 bits per heavy atom. The van der Waals surface area contributed by atoms with E-state index in [-0.39, 0.29) is 23.7 Å². The van der Waals surface area contributed by atoms with Gasteiger partial charge < -0.3 is 10.1 Å². The number of allylic oxidation sites excluding steroid dienone is 1. The molecule has 3 N–H and O–H groups in total. The minimum Gasteiger partial charge on any atom is -0.448 e. The number of hydrogen-bond acceptors (Lipinski definition) is 6. The number of para-hydroxylation sites is 1. The number of carbonyl (C=O) groups excluding carboxylic acids is 2. The van der Waals surface area contributed by atoms with Crippen LogP contribution in [0.2, 0.25) is 0 Å². The number of anilines is 1. The smallest absolute Gasteiger partial charge is 0.426 e. The summed E-state index contributed by atoms with van der Waals surface area (Å²) in [4.78, 5) is 23.5. The first-order chi connectivity index (χ1) is 11.5. The summed E-state index contributed by atoms with van der Waals surface area (Å²) in [6, 6.07) is 9.82. The van der Waals surface area contributed by atoms with Crippen molar-refractivity contribution in [3.63, 3.8) is 0 Å². The molecule has 24 heavy (non-hydrogen) atoms. The fourth-order valence-corrected chi connectivity index (χ4v) is 1.50. The highest BCUT2D eigenvalue weighted by molar-refractivity contribution is 6.00. The van der Waals surface area contributed by atoms with Crippen molar-refractivity contribution in [2.24, 2.45) is 5.92 Å². The van der Waals surface area contributed by atoms with Crippen molar-refractivity contribution in [1.29, 1.82) is 10.5 Å². The van der Waals surface area contributed by atoms with Gasteiger partial charge in [0.2, 0.25) is 0 Å². The summed E-state index contributed by atoms with van der Waals surface area (Å²) < 4.78 is 4.87. The molecule has 1 aromatic rings. The van der Waals surface area contributed by atoms with Crippen molar-refractivity contribution in [2.45, 2.75) is 13.8 Å². The fraction of sp³-hybridized carbons (Fsp3) is 0.250. The van der Waals surface area contributed by atoms with Gasteiger partial charge in [0.05, 0.1) is 17.9 Å². The van der Waals surface area contributed by atoms with Crippen LogP contribution in [-0.4, -0.2) is 18.6 Å². The number of ether oxygens (including phenoxy) is 1. The predicted molar refractivity (Wildman–Crippen MR) is 86.2 cm³/mol. The second-order valence-corrected chi connectivity index (χ2v) is 5.04. The average Bonchev–Trinajstić information content (AvgIpc) is 2.59.